The number of aliphatic carboxylic acids is 1. The molecule has 0 spiro atoms. The van der Waals surface area contributed by atoms with Crippen LogP contribution in [0.4, 0.5) is 5.69 Å². The second kappa shape index (κ2) is 6.90. The number of para-hydroxylation sites is 2. The van der Waals surface area contributed by atoms with E-state index in [4.69, 9.17) is 9.84 Å². The number of anilines is 1. The highest BCUT2D eigenvalue weighted by Crippen LogP contribution is 2.37. The Balaban J connectivity index is 2.19. The highest BCUT2D eigenvalue weighted by molar-refractivity contribution is 6.05. The SMILES string of the molecule is CCCC(NC(=O)CN1C(=O)C(C)(C)Oc2ccccc21)C(=O)O. The summed E-state index contributed by atoms with van der Waals surface area (Å²) in [5.74, 6) is -1.44. The minimum absolute atomic E-state index is 0.254. The fourth-order valence-electron chi connectivity index (χ4n) is 2.61. The number of nitrogens with one attached hydrogen (secondary N) is 1. The molecule has 7 nitrogen and oxygen atoms in total. The maximum Gasteiger partial charge on any atom is 0.326 e. The number of nitrogens with zero attached hydrogens (tertiary/aromatic N) is 1. The minimum Gasteiger partial charge on any atom is -0.480 e. The predicted molar refractivity (Wildman–Crippen MR) is 88.0 cm³/mol. The average Bonchev–Trinajstić information content (AvgIpc) is 2.51. The predicted octanol–water partition coefficient (Wildman–Crippen LogP) is 1.56. The van der Waals surface area contributed by atoms with Crippen molar-refractivity contribution in [2.45, 2.75) is 45.3 Å². The van der Waals surface area contributed by atoms with Crippen LogP contribution in [-0.2, 0) is 14.4 Å². The lowest BCUT2D eigenvalue weighted by Crippen LogP contribution is -2.56. The van der Waals surface area contributed by atoms with Gasteiger partial charge in [0.15, 0.2) is 5.60 Å². The van der Waals surface area contributed by atoms with Crippen molar-refractivity contribution in [1.82, 2.24) is 5.32 Å². The van der Waals surface area contributed by atoms with Crippen molar-refractivity contribution in [2.24, 2.45) is 0 Å². The Bertz CT molecular complexity index is 656. The molecule has 0 aromatic heterocycles. The number of hydrogen-bond donors (Lipinski definition) is 2. The number of carboxylic acids is 1. The van der Waals surface area contributed by atoms with Crippen molar-refractivity contribution in [3.8, 4) is 5.75 Å². The van der Waals surface area contributed by atoms with Crippen molar-refractivity contribution >= 4 is 23.5 Å². The quantitative estimate of drug-likeness (QED) is 0.823. The van der Waals surface area contributed by atoms with E-state index in [9.17, 15) is 14.4 Å². The van der Waals surface area contributed by atoms with Crippen LogP contribution in [0.15, 0.2) is 24.3 Å². The van der Waals surface area contributed by atoms with E-state index in [2.05, 4.69) is 5.32 Å². The zero-order valence-electron chi connectivity index (χ0n) is 14.0. The van der Waals surface area contributed by atoms with Gasteiger partial charge in [-0.05, 0) is 32.4 Å². The van der Waals surface area contributed by atoms with Crippen LogP contribution in [0.2, 0.25) is 0 Å². The molecule has 0 aliphatic carbocycles. The topological polar surface area (TPSA) is 95.9 Å². The van der Waals surface area contributed by atoms with Crippen LogP contribution in [0.3, 0.4) is 0 Å². The molecular weight excluding hydrogens is 312 g/mol. The Morgan fingerprint density at radius 3 is 2.62 bits per heavy atom. The summed E-state index contributed by atoms with van der Waals surface area (Å²) in [6, 6.07) is 5.99. The number of fused-ring (bicyclic) bond motifs is 1. The molecule has 0 fully saturated rings. The van der Waals surface area contributed by atoms with Gasteiger partial charge in [0.25, 0.3) is 5.91 Å². The third-order valence-corrected chi connectivity index (χ3v) is 3.79. The van der Waals surface area contributed by atoms with E-state index in [1.54, 1.807) is 38.1 Å². The van der Waals surface area contributed by atoms with Crippen LogP contribution >= 0.6 is 0 Å². The van der Waals surface area contributed by atoms with E-state index in [-0.39, 0.29) is 12.5 Å². The zero-order valence-corrected chi connectivity index (χ0v) is 14.0. The third-order valence-electron chi connectivity index (χ3n) is 3.79. The molecule has 2 N–H and O–H groups in total. The van der Waals surface area contributed by atoms with Crippen LogP contribution in [-0.4, -0.2) is 41.1 Å². The highest BCUT2D eigenvalue weighted by Gasteiger charge is 2.41. The molecule has 1 atom stereocenters. The molecule has 0 saturated carbocycles. The molecule has 0 saturated heterocycles. The van der Waals surface area contributed by atoms with Crippen LogP contribution in [0, 0.1) is 0 Å². The molecule has 24 heavy (non-hydrogen) atoms. The molecule has 1 aliphatic heterocycles. The summed E-state index contributed by atoms with van der Waals surface area (Å²) in [4.78, 5) is 37.4. The number of amides is 2. The standard InChI is InChI=1S/C17H22N2O5/c1-4-7-11(15(21)22)18-14(20)10-19-12-8-5-6-9-13(12)24-17(2,3)16(19)23/h5-6,8-9,11H,4,7,10H2,1-3H3,(H,18,20)(H,21,22). The molecule has 2 rings (SSSR count). The lowest BCUT2D eigenvalue weighted by atomic mass is 10.0. The first kappa shape index (κ1) is 17.8. The first-order valence-electron chi connectivity index (χ1n) is 7.88. The fraction of sp³-hybridized carbons (Fsp3) is 0.471. The maximum atomic E-state index is 12.6. The summed E-state index contributed by atoms with van der Waals surface area (Å²) >= 11 is 0. The monoisotopic (exact) mass is 334 g/mol. The Morgan fingerprint density at radius 1 is 1.33 bits per heavy atom. The van der Waals surface area contributed by atoms with Gasteiger partial charge in [-0.1, -0.05) is 25.5 Å². The van der Waals surface area contributed by atoms with Crippen molar-refractivity contribution in [2.75, 3.05) is 11.4 Å². The summed E-state index contributed by atoms with van der Waals surface area (Å²) in [6.07, 6.45) is 0.962. The van der Waals surface area contributed by atoms with E-state index in [0.717, 1.165) is 0 Å². The second-order valence-corrected chi connectivity index (χ2v) is 6.22. The van der Waals surface area contributed by atoms with Gasteiger partial charge in [-0.3, -0.25) is 14.5 Å². The number of hydrogen-bond acceptors (Lipinski definition) is 4. The molecule has 0 radical (unpaired) electrons. The van der Waals surface area contributed by atoms with Gasteiger partial charge in [-0.15, -0.1) is 0 Å². The molecule has 1 aromatic carbocycles. The summed E-state index contributed by atoms with van der Waals surface area (Å²) < 4.78 is 5.68. The van der Waals surface area contributed by atoms with Crippen molar-refractivity contribution < 1.29 is 24.2 Å². The van der Waals surface area contributed by atoms with Gasteiger partial charge >= 0.3 is 5.97 Å². The average molecular weight is 334 g/mol. The fourth-order valence-corrected chi connectivity index (χ4v) is 2.61. The smallest absolute Gasteiger partial charge is 0.326 e. The molecule has 0 bridgehead atoms. The third kappa shape index (κ3) is 3.67. The van der Waals surface area contributed by atoms with Crippen molar-refractivity contribution in [3.63, 3.8) is 0 Å². The molecule has 7 heteroatoms. The van der Waals surface area contributed by atoms with E-state index in [1.807, 2.05) is 6.92 Å². The van der Waals surface area contributed by atoms with E-state index < -0.39 is 23.5 Å². The Morgan fingerprint density at radius 2 is 2.00 bits per heavy atom. The van der Waals surface area contributed by atoms with Crippen LogP contribution in [0.5, 0.6) is 5.75 Å². The van der Waals surface area contributed by atoms with Gasteiger partial charge in [-0.25, -0.2) is 4.79 Å². The molecule has 130 valence electrons. The molecule has 1 aromatic rings. The minimum atomic E-state index is -1.09. The Labute approximate surface area is 140 Å². The van der Waals surface area contributed by atoms with Crippen LogP contribution in [0.25, 0.3) is 0 Å². The van der Waals surface area contributed by atoms with E-state index >= 15 is 0 Å². The molecule has 2 amide bonds. The van der Waals surface area contributed by atoms with Gasteiger partial charge in [0.1, 0.15) is 18.3 Å². The van der Waals surface area contributed by atoms with Crippen molar-refractivity contribution in [3.05, 3.63) is 24.3 Å². The van der Waals surface area contributed by atoms with Gasteiger partial charge in [-0.2, -0.15) is 0 Å². The largest absolute Gasteiger partial charge is 0.480 e. The Hall–Kier alpha value is -2.57. The lowest BCUT2D eigenvalue weighted by Gasteiger charge is -2.38. The number of carbonyl (C=O) groups excluding carboxylic acids is 2. The maximum absolute atomic E-state index is 12.6. The second-order valence-electron chi connectivity index (χ2n) is 6.22. The molecule has 1 aliphatic rings. The van der Waals surface area contributed by atoms with Crippen molar-refractivity contribution in [1.29, 1.82) is 0 Å². The Kier molecular flexibility index (Phi) is 5.11. The molecule has 1 unspecified atom stereocenters. The van der Waals surface area contributed by atoms with Crippen LogP contribution < -0.4 is 15.0 Å². The zero-order chi connectivity index (χ0) is 17.9. The normalized spacial score (nSPS) is 16.8. The van der Waals surface area contributed by atoms with E-state index in [0.29, 0.717) is 24.3 Å². The number of carboxylic acid groups (broad SMARTS) is 1. The number of ether oxygens (including phenoxy) is 1. The lowest BCUT2D eigenvalue weighted by molar-refractivity contribution is -0.142. The summed E-state index contributed by atoms with van der Waals surface area (Å²) in [6.45, 7) is 4.85. The number of rotatable bonds is 6. The summed E-state index contributed by atoms with van der Waals surface area (Å²) in [7, 11) is 0. The first-order valence-corrected chi connectivity index (χ1v) is 7.88. The van der Waals surface area contributed by atoms with E-state index in [1.165, 1.54) is 4.90 Å². The van der Waals surface area contributed by atoms with Gasteiger partial charge in [0.05, 0.1) is 5.69 Å². The number of carbonyl (C=O) groups is 3. The summed E-state index contributed by atoms with van der Waals surface area (Å²) in [5, 5.41) is 11.6. The first-order chi connectivity index (χ1) is 11.3. The van der Waals surface area contributed by atoms with Gasteiger partial charge < -0.3 is 15.2 Å². The van der Waals surface area contributed by atoms with Gasteiger partial charge in [0.2, 0.25) is 5.91 Å². The highest BCUT2D eigenvalue weighted by atomic mass is 16.5. The number of benzene rings is 1. The van der Waals surface area contributed by atoms with Gasteiger partial charge in [0, 0.05) is 0 Å². The summed E-state index contributed by atoms with van der Waals surface area (Å²) in [5.41, 5.74) is -0.594. The van der Waals surface area contributed by atoms with Crippen LogP contribution in [0.1, 0.15) is 33.6 Å². The molecule has 1 heterocycles. The molecular formula is C17H22N2O5.